The van der Waals surface area contributed by atoms with Crippen LogP contribution < -0.4 is 11.1 Å². The minimum atomic E-state index is -0.244. The highest BCUT2D eigenvalue weighted by Crippen LogP contribution is 2.26. The van der Waals surface area contributed by atoms with Crippen molar-refractivity contribution in [3.05, 3.63) is 18.4 Å². The van der Waals surface area contributed by atoms with Crippen molar-refractivity contribution in [2.45, 2.75) is 6.92 Å². The van der Waals surface area contributed by atoms with Crippen LogP contribution in [0.5, 0.6) is 0 Å². The van der Waals surface area contributed by atoms with Crippen LogP contribution in [0.4, 0.5) is 5.13 Å². The predicted molar refractivity (Wildman–Crippen MR) is 64.5 cm³/mol. The highest BCUT2D eigenvalue weighted by atomic mass is 32.1. The van der Waals surface area contributed by atoms with E-state index in [1.807, 2.05) is 0 Å². The summed E-state index contributed by atoms with van der Waals surface area (Å²) < 4.78 is 5.18. The van der Waals surface area contributed by atoms with Gasteiger partial charge in [0.1, 0.15) is 0 Å². The summed E-state index contributed by atoms with van der Waals surface area (Å²) >= 11 is 1.26. The van der Waals surface area contributed by atoms with Crippen molar-refractivity contribution in [2.24, 2.45) is 11.7 Å². The Balaban J connectivity index is 2.07. The van der Waals surface area contributed by atoms with E-state index in [-0.39, 0.29) is 11.8 Å². The van der Waals surface area contributed by atoms with Crippen LogP contribution in [0.1, 0.15) is 6.92 Å². The van der Waals surface area contributed by atoms with Gasteiger partial charge in [-0.15, -0.1) is 10.2 Å². The second-order valence-corrected chi connectivity index (χ2v) is 4.49. The van der Waals surface area contributed by atoms with Crippen LogP contribution in [-0.2, 0) is 4.79 Å². The summed E-state index contributed by atoms with van der Waals surface area (Å²) in [5.41, 5.74) is 5.40. The molecule has 0 saturated heterocycles. The summed E-state index contributed by atoms with van der Waals surface area (Å²) in [6.07, 6.45) is 1.56. The molecule has 0 fully saturated rings. The van der Waals surface area contributed by atoms with Gasteiger partial charge in [0.2, 0.25) is 11.0 Å². The topological polar surface area (TPSA) is 94.0 Å². The van der Waals surface area contributed by atoms with Gasteiger partial charge in [0, 0.05) is 12.5 Å². The zero-order valence-electron chi connectivity index (χ0n) is 9.21. The van der Waals surface area contributed by atoms with Crippen LogP contribution in [-0.4, -0.2) is 22.6 Å². The van der Waals surface area contributed by atoms with E-state index >= 15 is 0 Å². The summed E-state index contributed by atoms with van der Waals surface area (Å²) in [7, 11) is 0. The Morgan fingerprint density at radius 2 is 2.47 bits per heavy atom. The normalized spacial score (nSPS) is 12.4. The van der Waals surface area contributed by atoms with Crippen LogP contribution in [0.25, 0.3) is 10.8 Å². The van der Waals surface area contributed by atoms with Gasteiger partial charge in [-0.1, -0.05) is 18.3 Å². The van der Waals surface area contributed by atoms with Crippen LogP contribution in [0.15, 0.2) is 22.8 Å². The molecule has 3 N–H and O–H groups in total. The van der Waals surface area contributed by atoms with Gasteiger partial charge in [-0.05, 0) is 12.1 Å². The molecule has 2 rings (SSSR count). The number of amides is 1. The molecule has 0 aliphatic heterocycles. The van der Waals surface area contributed by atoms with Crippen molar-refractivity contribution in [1.29, 1.82) is 0 Å². The largest absolute Gasteiger partial charge is 0.462 e. The number of aromatic nitrogens is 2. The molecule has 2 aromatic heterocycles. The quantitative estimate of drug-likeness (QED) is 0.856. The van der Waals surface area contributed by atoms with E-state index in [0.717, 1.165) is 0 Å². The first-order valence-electron chi connectivity index (χ1n) is 5.09. The Bertz CT molecular complexity index is 494. The van der Waals surface area contributed by atoms with Crippen LogP contribution in [0.3, 0.4) is 0 Å². The molecule has 1 amide bonds. The number of hydrogen-bond donors (Lipinski definition) is 2. The number of furan rings is 1. The number of anilines is 1. The molecular formula is C10H12N4O2S. The molecule has 0 aliphatic rings. The number of nitrogens with one attached hydrogen (secondary N) is 1. The Labute approximate surface area is 102 Å². The third-order valence-corrected chi connectivity index (χ3v) is 3.04. The zero-order valence-corrected chi connectivity index (χ0v) is 10.0. The van der Waals surface area contributed by atoms with Gasteiger partial charge in [0.15, 0.2) is 10.8 Å². The van der Waals surface area contributed by atoms with E-state index in [4.69, 9.17) is 10.2 Å². The molecular weight excluding hydrogens is 240 g/mol. The average Bonchev–Trinajstić information content (AvgIpc) is 2.97. The number of rotatable bonds is 4. The van der Waals surface area contributed by atoms with Crippen molar-refractivity contribution >= 4 is 22.4 Å². The van der Waals surface area contributed by atoms with Crippen molar-refractivity contribution < 1.29 is 9.21 Å². The molecule has 0 saturated carbocycles. The maximum atomic E-state index is 11.6. The fourth-order valence-corrected chi connectivity index (χ4v) is 1.82. The first-order valence-corrected chi connectivity index (χ1v) is 5.90. The molecule has 7 heteroatoms. The second kappa shape index (κ2) is 5.07. The highest BCUT2D eigenvalue weighted by molar-refractivity contribution is 7.18. The SMILES string of the molecule is CC(CN)C(=O)Nc1nnc(-c2ccco2)s1. The second-order valence-electron chi connectivity index (χ2n) is 3.52. The zero-order chi connectivity index (χ0) is 12.3. The van der Waals surface area contributed by atoms with Crippen LogP contribution >= 0.6 is 11.3 Å². The summed E-state index contributed by atoms with van der Waals surface area (Å²) in [5, 5.41) is 11.5. The van der Waals surface area contributed by atoms with Crippen LogP contribution in [0, 0.1) is 5.92 Å². The van der Waals surface area contributed by atoms with E-state index in [9.17, 15) is 4.79 Å². The number of hydrogen-bond acceptors (Lipinski definition) is 6. The van der Waals surface area contributed by atoms with Crippen molar-refractivity contribution in [3.8, 4) is 10.8 Å². The van der Waals surface area contributed by atoms with Gasteiger partial charge in [-0.3, -0.25) is 4.79 Å². The molecule has 2 aromatic rings. The summed E-state index contributed by atoms with van der Waals surface area (Å²) in [6, 6.07) is 3.56. The Kier molecular flexibility index (Phi) is 3.50. The lowest BCUT2D eigenvalue weighted by Crippen LogP contribution is -2.26. The molecule has 0 radical (unpaired) electrons. The Morgan fingerprint density at radius 1 is 1.65 bits per heavy atom. The highest BCUT2D eigenvalue weighted by Gasteiger charge is 2.14. The van der Waals surface area contributed by atoms with Crippen molar-refractivity contribution in [2.75, 3.05) is 11.9 Å². The first kappa shape index (κ1) is 11.7. The van der Waals surface area contributed by atoms with Crippen molar-refractivity contribution in [3.63, 3.8) is 0 Å². The third-order valence-electron chi connectivity index (χ3n) is 2.19. The van der Waals surface area contributed by atoms with Gasteiger partial charge >= 0.3 is 0 Å². The molecule has 0 aromatic carbocycles. The van der Waals surface area contributed by atoms with Crippen LogP contribution in [0.2, 0.25) is 0 Å². The van der Waals surface area contributed by atoms with E-state index in [0.29, 0.717) is 22.4 Å². The molecule has 0 bridgehead atoms. The van der Waals surface area contributed by atoms with E-state index in [2.05, 4.69) is 15.5 Å². The number of nitrogens with two attached hydrogens (primary N) is 1. The van der Waals surface area contributed by atoms with Gasteiger partial charge in [-0.2, -0.15) is 0 Å². The summed E-state index contributed by atoms with van der Waals surface area (Å²) in [6.45, 7) is 2.06. The first-order chi connectivity index (χ1) is 8.20. The number of carbonyl (C=O) groups is 1. The molecule has 2 heterocycles. The standard InChI is InChI=1S/C10H12N4O2S/c1-6(5-11)8(15)12-10-14-13-9(17-10)7-3-2-4-16-7/h2-4,6H,5,11H2,1H3,(H,12,14,15). The maximum Gasteiger partial charge on any atom is 0.230 e. The third kappa shape index (κ3) is 2.69. The predicted octanol–water partition coefficient (Wildman–Crippen LogP) is 1.33. The minimum Gasteiger partial charge on any atom is -0.462 e. The summed E-state index contributed by atoms with van der Waals surface area (Å²) in [4.78, 5) is 11.6. The molecule has 1 unspecified atom stereocenters. The lowest BCUT2D eigenvalue weighted by Gasteiger charge is -2.05. The number of nitrogens with zero attached hydrogens (tertiary/aromatic N) is 2. The maximum absolute atomic E-state index is 11.6. The van der Waals surface area contributed by atoms with Gasteiger partial charge in [0.25, 0.3) is 0 Å². The molecule has 0 aliphatic carbocycles. The van der Waals surface area contributed by atoms with E-state index in [1.165, 1.54) is 11.3 Å². The molecule has 90 valence electrons. The van der Waals surface area contributed by atoms with Gasteiger partial charge in [-0.25, -0.2) is 0 Å². The van der Waals surface area contributed by atoms with E-state index in [1.54, 1.807) is 25.3 Å². The van der Waals surface area contributed by atoms with E-state index < -0.39 is 0 Å². The Morgan fingerprint density at radius 3 is 3.12 bits per heavy atom. The fourth-order valence-electron chi connectivity index (χ4n) is 1.11. The molecule has 1 atom stereocenters. The van der Waals surface area contributed by atoms with Crippen molar-refractivity contribution in [1.82, 2.24) is 10.2 Å². The number of carbonyl (C=O) groups excluding carboxylic acids is 1. The smallest absolute Gasteiger partial charge is 0.230 e. The monoisotopic (exact) mass is 252 g/mol. The lowest BCUT2D eigenvalue weighted by atomic mass is 10.2. The Hall–Kier alpha value is -1.73. The summed E-state index contributed by atoms with van der Waals surface area (Å²) in [5.74, 6) is 0.232. The average molecular weight is 252 g/mol. The fraction of sp³-hybridized carbons (Fsp3) is 0.300. The van der Waals surface area contributed by atoms with Gasteiger partial charge < -0.3 is 15.5 Å². The van der Waals surface area contributed by atoms with Gasteiger partial charge in [0.05, 0.1) is 6.26 Å². The molecule has 6 nitrogen and oxygen atoms in total. The minimum absolute atomic E-state index is 0.158. The lowest BCUT2D eigenvalue weighted by molar-refractivity contribution is -0.119. The molecule has 17 heavy (non-hydrogen) atoms. The molecule has 0 spiro atoms.